The summed E-state index contributed by atoms with van der Waals surface area (Å²) < 4.78 is 0. The standard InChI is InChI=1S/C16H18N4O/c1-13(21)15-5-8-19-16(10-15)20(9-3-6-17)12-14-4-2-7-18-11-14/h2,4-5,7-8,10-11,13,21H,3,9,12H2,1H3. The summed E-state index contributed by atoms with van der Waals surface area (Å²) >= 11 is 0. The maximum Gasteiger partial charge on any atom is 0.129 e. The highest BCUT2D eigenvalue weighted by atomic mass is 16.3. The molecule has 1 atom stereocenters. The third-order valence-electron chi connectivity index (χ3n) is 3.17. The molecule has 2 rings (SSSR count). The molecule has 0 aliphatic carbocycles. The van der Waals surface area contributed by atoms with Gasteiger partial charge in [0.1, 0.15) is 5.82 Å². The van der Waals surface area contributed by atoms with Gasteiger partial charge in [0.15, 0.2) is 0 Å². The van der Waals surface area contributed by atoms with Crippen molar-refractivity contribution in [2.75, 3.05) is 11.4 Å². The Balaban J connectivity index is 2.23. The molecule has 0 aromatic carbocycles. The normalized spacial score (nSPS) is 11.7. The van der Waals surface area contributed by atoms with Gasteiger partial charge in [-0.3, -0.25) is 4.98 Å². The molecule has 108 valence electrons. The monoisotopic (exact) mass is 282 g/mol. The Labute approximate surface area is 124 Å². The van der Waals surface area contributed by atoms with E-state index in [1.807, 2.05) is 23.1 Å². The van der Waals surface area contributed by atoms with Crippen molar-refractivity contribution in [2.24, 2.45) is 0 Å². The third kappa shape index (κ3) is 4.26. The van der Waals surface area contributed by atoms with Crippen molar-refractivity contribution in [3.05, 3.63) is 54.0 Å². The van der Waals surface area contributed by atoms with E-state index in [0.29, 0.717) is 19.5 Å². The first-order valence-corrected chi connectivity index (χ1v) is 6.85. The molecule has 0 bridgehead atoms. The lowest BCUT2D eigenvalue weighted by molar-refractivity contribution is 0.199. The summed E-state index contributed by atoms with van der Waals surface area (Å²) in [6.07, 6.45) is 5.09. The molecular formula is C16H18N4O. The van der Waals surface area contributed by atoms with Crippen molar-refractivity contribution >= 4 is 5.82 Å². The number of hydrogen-bond donors (Lipinski definition) is 1. The van der Waals surface area contributed by atoms with Gasteiger partial charge < -0.3 is 10.0 Å². The molecule has 0 amide bonds. The molecule has 0 saturated heterocycles. The van der Waals surface area contributed by atoms with Crippen LogP contribution in [0.2, 0.25) is 0 Å². The summed E-state index contributed by atoms with van der Waals surface area (Å²) in [4.78, 5) is 10.5. The Morgan fingerprint density at radius 2 is 2.24 bits per heavy atom. The lowest BCUT2D eigenvalue weighted by Gasteiger charge is -2.23. The summed E-state index contributed by atoms with van der Waals surface area (Å²) in [5.41, 5.74) is 1.87. The van der Waals surface area contributed by atoms with E-state index in [2.05, 4.69) is 16.0 Å². The van der Waals surface area contributed by atoms with Crippen LogP contribution in [0, 0.1) is 11.3 Å². The third-order valence-corrected chi connectivity index (χ3v) is 3.17. The fourth-order valence-corrected chi connectivity index (χ4v) is 2.04. The quantitative estimate of drug-likeness (QED) is 0.881. The van der Waals surface area contributed by atoms with Crippen LogP contribution in [0.5, 0.6) is 0 Å². The maximum absolute atomic E-state index is 9.69. The van der Waals surface area contributed by atoms with Crippen LogP contribution >= 0.6 is 0 Å². The highest BCUT2D eigenvalue weighted by Gasteiger charge is 2.11. The predicted molar refractivity (Wildman–Crippen MR) is 80.4 cm³/mol. The van der Waals surface area contributed by atoms with Gasteiger partial charge in [0, 0.05) is 31.7 Å². The second-order valence-corrected chi connectivity index (χ2v) is 4.81. The lowest BCUT2D eigenvalue weighted by atomic mass is 10.1. The Morgan fingerprint density at radius 1 is 1.38 bits per heavy atom. The summed E-state index contributed by atoms with van der Waals surface area (Å²) in [6.45, 7) is 2.94. The van der Waals surface area contributed by atoms with Crippen molar-refractivity contribution in [1.82, 2.24) is 9.97 Å². The summed E-state index contributed by atoms with van der Waals surface area (Å²) in [6, 6.07) is 9.69. The number of nitrogens with zero attached hydrogens (tertiary/aromatic N) is 4. The highest BCUT2D eigenvalue weighted by molar-refractivity contribution is 5.42. The molecule has 0 fully saturated rings. The van der Waals surface area contributed by atoms with Gasteiger partial charge in [-0.1, -0.05) is 6.07 Å². The van der Waals surface area contributed by atoms with E-state index in [1.54, 1.807) is 31.6 Å². The van der Waals surface area contributed by atoms with Crippen molar-refractivity contribution in [2.45, 2.75) is 26.0 Å². The number of aromatic nitrogens is 2. The van der Waals surface area contributed by atoms with Gasteiger partial charge in [-0.2, -0.15) is 5.26 Å². The zero-order valence-corrected chi connectivity index (χ0v) is 12.0. The number of pyridine rings is 2. The second-order valence-electron chi connectivity index (χ2n) is 4.81. The van der Waals surface area contributed by atoms with Gasteiger partial charge in [0.05, 0.1) is 18.6 Å². The number of nitriles is 1. The van der Waals surface area contributed by atoms with Crippen LogP contribution in [-0.4, -0.2) is 21.6 Å². The van der Waals surface area contributed by atoms with Gasteiger partial charge in [0.25, 0.3) is 0 Å². The minimum atomic E-state index is -0.539. The first-order chi connectivity index (χ1) is 10.2. The number of aliphatic hydroxyl groups excluding tert-OH is 1. The molecule has 5 nitrogen and oxygen atoms in total. The van der Waals surface area contributed by atoms with E-state index in [4.69, 9.17) is 5.26 Å². The van der Waals surface area contributed by atoms with Crippen LogP contribution in [0.4, 0.5) is 5.82 Å². The van der Waals surface area contributed by atoms with Crippen LogP contribution in [0.25, 0.3) is 0 Å². The van der Waals surface area contributed by atoms with Crippen LogP contribution in [0.3, 0.4) is 0 Å². The van der Waals surface area contributed by atoms with E-state index in [-0.39, 0.29) is 0 Å². The first kappa shape index (κ1) is 14.9. The number of aliphatic hydroxyl groups is 1. The second kappa shape index (κ2) is 7.36. The van der Waals surface area contributed by atoms with E-state index in [9.17, 15) is 5.11 Å². The Kier molecular flexibility index (Phi) is 5.24. The van der Waals surface area contributed by atoms with Crippen LogP contribution in [0.1, 0.15) is 30.6 Å². The predicted octanol–water partition coefficient (Wildman–Crippen LogP) is 2.45. The van der Waals surface area contributed by atoms with Crippen molar-refractivity contribution < 1.29 is 5.11 Å². The molecule has 2 aromatic rings. The lowest BCUT2D eigenvalue weighted by Crippen LogP contribution is -2.25. The van der Waals surface area contributed by atoms with Gasteiger partial charge in [-0.25, -0.2) is 4.98 Å². The zero-order valence-electron chi connectivity index (χ0n) is 12.0. The topological polar surface area (TPSA) is 73.0 Å². The largest absolute Gasteiger partial charge is 0.389 e. The van der Waals surface area contributed by atoms with Crippen molar-refractivity contribution in [3.63, 3.8) is 0 Å². The highest BCUT2D eigenvalue weighted by Crippen LogP contribution is 2.19. The summed E-state index contributed by atoms with van der Waals surface area (Å²) in [5.74, 6) is 0.757. The number of hydrogen-bond acceptors (Lipinski definition) is 5. The summed E-state index contributed by atoms with van der Waals surface area (Å²) in [7, 11) is 0. The van der Waals surface area contributed by atoms with Gasteiger partial charge in [-0.05, 0) is 36.2 Å². The van der Waals surface area contributed by atoms with Gasteiger partial charge in [-0.15, -0.1) is 0 Å². The average molecular weight is 282 g/mol. The molecule has 0 spiro atoms. The molecule has 0 aliphatic heterocycles. The van der Waals surface area contributed by atoms with Crippen LogP contribution < -0.4 is 4.90 Å². The minimum absolute atomic E-state index is 0.418. The van der Waals surface area contributed by atoms with E-state index in [1.165, 1.54) is 0 Å². The Morgan fingerprint density at radius 3 is 2.90 bits per heavy atom. The minimum Gasteiger partial charge on any atom is -0.389 e. The summed E-state index contributed by atoms with van der Waals surface area (Å²) in [5, 5.41) is 18.5. The molecule has 0 saturated carbocycles. The van der Waals surface area contributed by atoms with E-state index < -0.39 is 6.10 Å². The fraction of sp³-hybridized carbons (Fsp3) is 0.312. The SMILES string of the molecule is CC(O)c1ccnc(N(CCC#N)Cc2cccnc2)c1. The van der Waals surface area contributed by atoms with Crippen molar-refractivity contribution in [1.29, 1.82) is 5.26 Å². The molecule has 0 radical (unpaired) electrons. The molecule has 21 heavy (non-hydrogen) atoms. The fourth-order valence-electron chi connectivity index (χ4n) is 2.04. The van der Waals surface area contributed by atoms with Gasteiger partial charge >= 0.3 is 0 Å². The molecule has 5 heteroatoms. The Hall–Kier alpha value is -2.45. The average Bonchev–Trinajstić information content (AvgIpc) is 2.52. The smallest absolute Gasteiger partial charge is 0.129 e. The zero-order chi connectivity index (χ0) is 15.1. The first-order valence-electron chi connectivity index (χ1n) is 6.85. The molecule has 2 aromatic heterocycles. The van der Waals surface area contributed by atoms with E-state index >= 15 is 0 Å². The molecule has 0 aliphatic rings. The van der Waals surface area contributed by atoms with Crippen molar-refractivity contribution in [3.8, 4) is 6.07 Å². The van der Waals surface area contributed by atoms with Crippen LogP contribution in [-0.2, 0) is 6.54 Å². The number of anilines is 1. The van der Waals surface area contributed by atoms with Gasteiger partial charge in [0.2, 0.25) is 0 Å². The molecular weight excluding hydrogens is 264 g/mol. The maximum atomic E-state index is 9.69. The molecule has 1 unspecified atom stereocenters. The Bertz CT molecular complexity index is 607. The molecule has 2 heterocycles. The van der Waals surface area contributed by atoms with E-state index in [0.717, 1.165) is 16.9 Å². The number of rotatable bonds is 6. The molecule has 1 N–H and O–H groups in total. The van der Waals surface area contributed by atoms with Crippen LogP contribution in [0.15, 0.2) is 42.9 Å².